The van der Waals surface area contributed by atoms with Crippen LogP contribution in [0.5, 0.6) is 0 Å². The monoisotopic (exact) mass is 354 g/mol. The predicted octanol–water partition coefficient (Wildman–Crippen LogP) is 2.50. The molecule has 2 amide bonds. The van der Waals surface area contributed by atoms with E-state index in [0.29, 0.717) is 25.3 Å². The second kappa shape index (κ2) is 6.70. The van der Waals surface area contributed by atoms with E-state index in [4.69, 9.17) is 0 Å². The molecule has 0 saturated carbocycles. The van der Waals surface area contributed by atoms with Crippen LogP contribution in [0, 0.1) is 11.7 Å². The summed E-state index contributed by atoms with van der Waals surface area (Å²) in [6.45, 7) is 2.80. The number of rotatable bonds is 3. The average molecular weight is 354 g/mol. The molecule has 0 aromatic heterocycles. The summed E-state index contributed by atoms with van der Waals surface area (Å²) in [5.41, 5.74) is 0.781. The van der Waals surface area contributed by atoms with E-state index in [-0.39, 0.29) is 30.2 Å². The highest BCUT2D eigenvalue weighted by molar-refractivity contribution is 7.92. The van der Waals surface area contributed by atoms with Crippen LogP contribution in [-0.2, 0) is 9.84 Å². The van der Waals surface area contributed by atoms with Gasteiger partial charge in [0.1, 0.15) is 5.82 Å². The van der Waals surface area contributed by atoms with Gasteiger partial charge >= 0.3 is 6.03 Å². The fraction of sp³-hybridized carbons (Fsp3) is 0.588. The van der Waals surface area contributed by atoms with Crippen molar-refractivity contribution in [3.63, 3.8) is 0 Å². The zero-order valence-corrected chi connectivity index (χ0v) is 14.6. The summed E-state index contributed by atoms with van der Waals surface area (Å²) in [6.07, 6.45) is 2.04. The first-order valence-corrected chi connectivity index (χ1v) is 10.1. The third-order valence-corrected chi connectivity index (χ3v) is 7.22. The number of amides is 2. The van der Waals surface area contributed by atoms with Gasteiger partial charge in [-0.15, -0.1) is 0 Å². The maximum Gasteiger partial charge on any atom is 0.317 e. The van der Waals surface area contributed by atoms with Gasteiger partial charge in [-0.05, 0) is 42.9 Å². The van der Waals surface area contributed by atoms with Crippen molar-refractivity contribution in [3.8, 4) is 0 Å². The van der Waals surface area contributed by atoms with Crippen molar-refractivity contribution in [1.82, 2.24) is 10.2 Å². The normalized spacial score (nSPS) is 28.9. The molecule has 0 aliphatic carbocycles. The van der Waals surface area contributed by atoms with E-state index >= 15 is 0 Å². The Morgan fingerprint density at radius 2 is 2.21 bits per heavy atom. The second-order valence-corrected chi connectivity index (χ2v) is 9.28. The van der Waals surface area contributed by atoms with Gasteiger partial charge in [0.2, 0.25) is 0 Å². The summed E-state index contributed by atoms with van der Waals surface area (Å²) >= 11 is 0. The van der Waals surface area contributed by atoms with Crippen molar-refractivity contribution < 1.29 is 17.6 Å². The summed E-state index contributed by atoms with van der Waals surface area (Å²) in [6, 6.07) is 5.89. The molecule has 2 saturated heterocycles. The fourth-order valence-electron chi connectivity index (χ4n) is 3.69. The Labute approximate surface area is 142 Å². The Morgan fingerprint density at radius 3 is 2.88 bits per heavy atom. The van der Waals surface area contributed by atoms with Gasteiger partial charge in [0.05, 0.1) is 17.0 Å². The van der Waals surface area contributed by atoms with Crippen LogP contribution in [-0.4, -0.2) is 43.4 Å². The molecule has 24 heavy (non-hydrogen) atoms. The van der Waals surface area contributed by atoms with E-state index in [0.717, 1.165) is 12.0 Å². The standard InChI is InChI=1S/C17H23FN2O3S/c1-12-8-16(13-4-2-5-14(18)9-13)20(11-12)17(21)19-10-15-6-3-7-24(15,22)23/h2,4-5,9,12,15-16H,3,6-8,10-11H2,1H3,(H,19,21). The third-order valence-electron chi connectivity index (χ3n) is 4.95. The zero-order chi connectivity index (χ0) is 17.3. The maximum absolute atomic E-state index is 13.5. The molecule has 0 bridgehead atoms. The molecule has 1 aromatic rings. The largest absolute Gasteiger partial charge is 0.337 e. The van der Waals surface area contributed by atoms with Crippen LogP contribution < -0.4 is 5.32 Å². The lowest BCUT2D eigenvalue weighted by atomic mass is 10.0. The first-order valence-electron chi connectivity index (χ1n) is 8.38. The van der Waals surface area contributed by atoms with E-state index in [1.807, 2.05) is 6.07 Å². The van der Waals surface area contributed by atoms with Crippen molar-refractivity contribution in [1.29, 1.82) is 0 Å². The number of nitrogens with one attached hydrogen (secondary N) is 1. The van der Waals surface area contributed by atoms with E-state index in [1.54, 1.807) is 11.0 Å². The molecule has 2 fully saturated rings. The van der Waals surface area contributed by atoms with Gasteiger partial charge in [-0.3, -0.25) is 0 Å². The Balaban J connectivity index is 1.68. The quantitative estimate of drug-likeness (QED) is 0.907. The molecule has 2 heterocycles. The number of nitrogens with zero attached hydrogens (tertiary/aromatic N) is 1. The summed E-state index contributed by atoms with van der Waals surface area (Å²) in [5.74, 6) is 0.212. The first kappa shape index (κ1) is 17.2. The number of halogens is 1. The van der Waals surface area contributed by atoms with Gasteiger partial charge in [0, 0.05) is 13.1 Å². The molecule has 0 radical (unpaired) electrons. The highest BCUT2D eigenvalue weighted by atomic mass is 32.2. The Hall–Kier alpha value is -1.63. The molecule has 3 rings (SSSR count). The second-order valence-electron chi connectivity index (χ2n) is 6.88. The minimum absolute atomic E-state index is 0.155. The fourth-order valence-corrected chi connectivity index (χ4v) is 5.46. The molecule has 3 unspecified atom stereocenters. The van der Waals surface area contributed by atoms with Gasteiger partial charge in [0.25, 0.3) is 0 Å². The molecule has 2 aliphatic heterocycles. The van der Waals surface area contributed by atoms with Crippen LogP contribution in [0.15, 0.2) is 24.3 Å². The van der Waals surface area contributed by atoms with E-state index in [1.165, 1.54) is 12.1 Å². The molecule has 5 nitrogen and oxygen atoms in total. The van der Waals surface area contributed by atoms with E-state index in [2.05, 4.69) is 12.2 Å². The number of carbonyl (C=O) groups is 1. The number of likely N-dealkylation sites (tertiary alicyclic amines) is 1. The molecule has 0 spiro atoms. The molecular formula is C17H23FN2O3S. The number of hydrogen-bond donors (Lipinski definition) is 1. The predicted molar refractivity (Wildman–Crippen MR) is 89.8 cm³/mol. The lowest BCUT2D eigenvalue weighted by Gasteiger charge is -2.26. The van der Waals surface area contributed by atoms with Crippen LogP contribution in [0.4, 0.5) is 9.18 Å². The number of carbonyl (C=O) groups excluding carboxylic acids is 1. The van der Waals surface area contributed by atoms with Gasteiger partial charge in [-0.25, -0.2) is 17.6 Å². The number of urea groups is 1. The van der Waals surface area contributed by atoms with Gasteiger partial charge in [0.15, 0.2) is 9.84 Å². The highest BCUT2D eigenvalue weighted by Crippen LogP contribution is 2.35. The molecule has 1 aromatic carbocycles. The minimum Gasteiger partial charge on any atom is -0.337 e. The molecule has 7 heteroatoms. The topological polar surface area (TPSA) is 66.5 Å². The average Bonchev–Trinajstić information content (AvgIpc) is 3.07. The van der Waals surface area contributed by atoms with Crippen LogP contribution in [0.3, 0.4) is 0 Å². The lowest BCUT2D eigenvalue weighted by Crippen LogP contribution is -2.43. The summed E-state index contributed by atoms with van der Waals surface area (Å²) in [5, 5.41) is 2.29. The Morgan fingerprint density at radius 1 is 1.42 bits per heavy atom. The van der Waals surface area contributed by atoms with Crippen molar-refractivity contribution in [3.05, 3.63) is 35.6 Å². The maximum atomic E-state index is 13.5. The number of sulfone groups is 1. The van der Waals surface area contributed by atoms with Crippen molar-refractivity contribution in [2.24, 2.45) is 5.92 Å². The van der Waals surface area contributed by atoms with Crippen LogP contribution in [0.1, 0.15) is 37.8 Å². The Kier molecular flexibility index (Phi) is 4.80. The van der Waals surface area contributed by atoms with Gasteiger partial charge < -0.3 is 10.2 Å². The SMILES string of the molecule is CC1CC(c2cccc(F)c2)N(C(=O)NCC2CCCS2(=O)=O)C1. The van der Waals surface area contributed by atoms with Gasteiger partial charge in [-0.1, -0.05) is 19.1 Å². The summed E-state index contributed by atoms with van der Waals surface area (Å²) in [4.78, 5) is 14.2. The van der Waals surface area contributed by atoms with Crippen LogP contribution >= 0.6 is 0 Å². The van der Waals surface area contributed by atoms with Crippen molar-refractivity contribution >= 4 is 15.9 Å². The van der Waals surface area contributed by atoms with Crippen LogP contribution in [0.2, 0.25) is 0 Å². The minimum atomic E-state index is -3.07. The lowest BCUT2D eigenvalue weighted by molar-refractivity contribution is 0.192. The molecular weight excluding hydrogens is 331 g/mol. The summed E-state index contributed by atoms with van der Waals surface area (Å²) in [7, 11) is -3.07. The summed E-state index contributed by atoms with van der Waals surface area (Å²) < 4.78 is 37.2. The van der Waals surface area contributed by atoms with Crippen molar-refractivity contribution in [2.45, 2.75) is 37.5 Å². The number of hydrogen-bond acceptors (Lipinski definition) is 3. The van der Waals surface area contributed by atoms with Gasteiger partial charge in [-0.2, -0.15) is 0 Å². The smallest absolute Gasteiger partial charge is 0.317 e. The molecule has 1 N–H and O–H groups in total. The molecule has 3 atom stereocenters. The zero-order valence-electron chi connectivity index (χ0n) is 13.7. The molecule has 132 valence electrons. The first-order chi connectivity index (χ1) is 11.4. The van der Waals surface area contributed by atoms with E-state index < -0.39 is 15.1 Å². The van der Waals surface area contributed by atoms with Crippen molar-refractivity contribution in [2.75, 3.05) is 18.8 Å². The highest BCUT2D eigenvalue weighted by Gasteiger charge is 2.36. The third kappa shape index (κ3) is 3.55. The van der Waals surface area contributed by atoms with E-state index in [9.17, 15) is 17.6 Å². The Bertz CT molecular complexity index is 722. The number of benzene rings is 1. The molecule has 2 aliphatic rings. The van der Waals surface area contributed by atoms with Crippen LogP contribution in [0.25, 0.3) is 0 Å².